The Balaban J connectivity index is 3.34. The summed E-state index contributed by atoms with van der Waals surface area (Å²) in [7, 11) is 0. The minimum atomic E-state index is -0.416. The Morgan fingerprint density at radius 2 is 0.638 bits per heavy atom. The molecule has 3 heteroatoms. The highest BCUT2D eigenvalue weighted by Crippen LogP contribution is 2.17. The SMILES string of the molecule is CCCCCCCCCCCCCCCCCCCCCCCCCC(=O)N[C@@H](C)[C@H](O)CCCCCCCCCCCCCCC. The highest BCUT2D eigenvalue weighted by atomic mass is 16.3. The third-order valence-electron chi connectivity index (χ3n) is 10.6. The minimum absolute atomic E-state index is 0.116. The van der Waals surface area contributed by atoms with Crippen molar-refractivity contribution in [1.82, 2.24) is 5.32 Å². The number of hydrogen-bond acceptors (Lipinski definition) is 2. The number of rotatable bonds is 40. The number of unbranched alkanes of at least 4 members (excludes halogenated alkanes) is 34. The van der Waals surface area contributed by atoms with Gasteiger partial charge in [-0.25, -0.2) is 0 Å². The molecule has 1 amide bonds. The zero-order valence-corrected chi connectivity index (χ0v) is 32.9. The second-order valence-electron chi connectivity index (χ2n) is 15.5. The molecule has 0 aliphatic rings. The lowest BCUT2D eigenvalue weighted by Gasteiger charge is -2.20. The molecule has 2 atom stereocenters. The smallest absolute Gasteiger partial charge is 0.220 e. The zero-order chi connectivity index (χ0) is 34.3. The molecule has 47 heavy (non-hydrogen) atoms. The molecule has 0 aliphatic heterocycles. The summed E-state index contributed by atoms with van der Waals surface area (Å²) in [6.45, 7) is 6.54. The largest absolute Gasteiger partial charge is 0.391 e. The first-order chi connectivity index (χ1) is 23.1. The van der Waals surface area contributed by atoms with Gasteiger partial charge in [0.05, 0.1) is 12.1 Å². The van der Waals surface area contributed by atoms with Crippen molar-refractivity contribution >= 4 is 5.91 Å². The highest BCUT2D eigenvalue weighted by Gasteiger charge is 2.16. The Labute approximate surface area is 297 Å². The number of aliphatic hydroxyl groups is 1. The van der Waals surface area contributed by atoms with Gasteiger partial charge in [-0.2, -0.15) is 0 Å². The van der Waals surface area contributed by atoms with Gasteiger partial charge in [-0.15, -0.1) is 0 Å². The van der Waals surface area contributed by atoms with Gasteiger partial charge in [0, 0.05) is 6.42 Å². The Bertz CT molecular complexity index is 593. The van der Waals surface area contributed by atoms with Crippen molar-refractivity contribution in [2.45, 2.75) is 277 Å². The summed E-state index contributed by atoms with van der Waals surface area (Å²) in [5, 5.41) is 13.5. The van der Waals surface area contributed by atoms with Crippen molar-refractivity contribution in [2.75, 3.05) is 0 Å². The van der Waals surface area contributed by atoms with Crippen LogP contribution in [-0.2, 0) is 4.79 Å². The standard InChI is InChI=1S/C44H89NO2/c1-4-6-8-10-12-14-16-18-19-20-21-22-23-24-25-26-27-29-31-33-35-37-39-41-44(47)45-42(3)43(46)40-38-36-34-32-30-28-17-15-13-11-9-7-5-2/h42-43,46H,4-41H2,1-3H3,(H,45,47)/t42-,43+/m0/s1. The maximum atomic E-state index is 12.3. The molecule has 0 spiro atoms. The molecule has 0 aromatic heterocycles. The molecule has 282 valence electrons. The average molecular weight is 664 g/mol. The van der Waals surface area contributed by atoms with Crippen molar-refractivity contribution in [1.29, 1.82) is 0 Å². The molecule has 0 rings (SSSR count). The number of carbonyl (C=O) groups is 1. The lowest BCUT2D eigenvalue weighted by Crippen LogP contribution is -2.41. The topological polar surface area (TPSA) is 49.3 Å². The molecule has 0 saturated carbocycles. The lowest BCUT2D eigenvalue weighted by molar-refractivity contribution is -0.122. The van der Waals surface area contributed by atoms with Gasteiger partial charge in [0.2, 0.25) is 5.91 Å². The molecular formula is C44H89NO2. The minimum Gasteiger partial charge on any atom is -0.391 e. The van der Waals surface area contributed by atoms with Crippen LogP contribution in [0.5, 0.6) is 0 Å². The molecule has 0 bridgehead atoms. The van der Waals surface area contributed by atoms with Crippen LogP contribution in [0.3, 0.4) is 0 Å². The highest BCUT2D eigenvalue weighted by molar-refractivity contribution is 5.76. The third kappa shape index (κ3) is 38.1. The predicted octanol–water partition coefficient (Wildman–Crippen LogP) is 14.7. The van der Waals surface area contributed by atoms with Crippen LogP contribution >= 0.6 is 0 Å². The molecule has 0 saturated heterocycles. The van der Waals surface area contributed by atoms with E-state index in [2.05, 4.69) is 19.2 Å². The van der Waals surface area contributed by atoms with E-state index in [-0.39, 0.29) is 11.9 Å². The van der Waals surface area contributed by atoms with E-state index in [1.165, 1.54) is 212 Å². The fraction of sp³-hybridized carbons (Fsp3) is 0.977. The lowest BCUT2D eigenvalue weighted by atomic mass is 10.0. The Kier molecular flexibility index (Phi) is 39.4. The van der Waals surface area contributed by atoms with Gasteiger partial charge in [0.25, 0.3) is 0 Å². The summed E-state index contributed by atoms with van der Waals surface area (Å²) < 4.78 is 0. The molecule has 0 aromatic rings. The summed E-state index contributed by atoms with van der Waals surface area (Å²) in [6.07, 6.45) is 50.4. The van der Waals surface area contributed by atoms with E-state index in [1.54, 1.807) is 0 Å². The van der Waals surface area contributed by atoms with Crippen LogP contribution in [0, 0.1) is 0 Å². The zero-order valence-electron chi connectivity index (χ0n) is 32.9. The number of nitrogens with one attached hydrogen (secondary N) is 1. The van der Waals surface area contributed by atoms with Gasteiger partial charge in [-0.1, -0.05) is 239 Å². The molecule has 3 nitrogen and oxygen atoms in total. The number of carbonyl (C=O) groups excluding carboxylic acids is 1. The summed E-state index contributed by atoms with van der Waals surface area (Å²) in [4.78, 5) is 12.3. The molecule has 0 fully saturated rings. The molecule has 0 aromatic carbocycles. The molecule has 0 aliphatic carbocycles. The van der Waals surface area contributed by atoms with Gasteiger partial charge in [-0.3, -0.25) is 4.79 Å². The van der Waals surface area contributed by atoms with E-state index in [0.29, 0.717) is 6.42 Å². The Hall–Kier alpha value is -0.570. The van der Waals surface area contributed by atoms with Gasteiger partial charge in [0.1, 0.15) is 0 Å². The third-order valence-corrected chi connectivity index (χ3v) is 10.6. The summed E-state index contributed by atoms with van der Waals surface area (Å²) in [5.74, 6) is 0.116. The van der Waals surface area contributed by atoms with Gasteiger partial charge >= 0.3 is 0 Å². The van der Waals surface area contributed by atoms with Crippen LogP contribution in [0.25, 0.3) is 0 Å². The maximum Gasteiger partial charge on any atom is 0.220 e. The molecule has 0 unspecified atom stereocenters. The van der Waals surface area contributed by atoms with Crippen LogP contribution in [0.2, 0.25) is 0 Å². The number of aliphatic hydroxyl groups excluding tert-OH is 1. The van der Waals surface area contributed by atoms with Crippen LogP contribution in [0.15, 0.2) is 0 Å². The van der Waals surface area contributed by atoms with Crippen LogP contribution < -0.4 is 5.32 Å². The first-order valence-electron chi connectivity index (χ1n) is 22.1. The monoisotopic (exact) mass is 664 g/mol. The Morgan fingerprint density at radius 3 is 0.915 bits per heavy atom. The molecule has 2 N–H and O–H groups in total. The second-order valence-corrected chi connectivity index (χ2v) is 15.5. The second kappa shape index (κ2) is 39.9. The molecule has 0 heterocycles. The van der Waals surface area contributed by atoms with Gasteiger partial charge in [0.15, 0.2) is 0 Å². The van der Waals surface area contributed by atoms with Crippen molar-refractivity contribution in [3.8, 4) is 0 Å². The van der Waals surface area contributed by atoms with E-state index in [0.717, 1.165) is 25.7 Å². The van der Waals surface area contributed by atoms with Crippen molar-refractivity contribution in [2.24, 2.45) is 0 Å². The van der Waals surface area contributed by atoms with Crippen molar-refractivity contribution in [3.63, 3.8) is 0 Å². The maximum absolute atomic E-state index is 12.3. The van der Waals surface area contributed by atoms with Crippen molar-refractivity contribution in [3.05, 3.63) is 0 Å². The summed E-state index contributed by atoms with van der Waals surface area (Å²) >= 11 is 0. The van der Waals surface area contributed by atoms with Crippen LogP contribution in [0.4, 0.5) is 0 Å². The fourth-order valence-corrected chi connectivity index (χ4v) is 7.11. The van der Waals surface area contributed by atoms with E-state index in [9.17, 15) is 9.90 Å². The normalized spacial score (nSPS) is 12.9. The van der Waals surface area contributed by atoms with Crippen molar-refractivity contribution < 1.29 is 9.90 Å². The van der Waals surface area contributed by atoms with Crippen LogP contribution in [0.1, 0.15) is 265 Å². The molecule has 0 radical (unpaired) electrons. The van der Waals surface area contributed by atoms with Gasteiger partial charge in [-0.05, 0) is 19.8 Å². The Morgan fingerprint density at radius 1 is 0.404 bits per heavy atom. The van der Waals surface area contributed by atoms with E-state index < -0.39 is 6.10 Å². The van der Waals surface area contributed by atoms with Gasteiger partial charge < -0.3 is 10.4 Å². The average Bonchev–Trinajstić information content (AvgIpc) is 3.07. The predicted molar refractivity (Wildman–Crippen MR) is 210 cm³/mol. The molecular weight excluding hydrogens is 574 g/mol. The number of amides is 1. The van der Waals surface area contributed by atoms with E-state index in [1.807, 2.05) is 6.92 Å². The van der Waals surface area contributed by atoms with Crippen LogP contribution in [-0.4, -0.2) is 23.2 Å². The number of hydrogen-bond donors (Lipinski definition) is 2. The van der Waals surface area contributed by atoms with E-state index >= 15 is 0 Å². The summed E-state index contributed by atoms with van der Waals surface area (Å²) in [5.41, 5.74) is 0. The quantitative estimate of drug-likeness (QED) is 0.0641. The first-order valence-corrected chi connectivity index (χ1v) is 22.1. The van der Waals surface area contributed by atoms with E-state index in [4.69, 9.17) is 0 Å². The fourth-order valence-electron chi connectivity index (χ4n) is 7.11. The summed E-state index contributed by atoms with van der Waals surface area (Å²) in [6, 6.07) is -0.135. The first kappa shape index (κ1) is 46.4.